The van der Waals surface area contributed by atoms with Crippen LogP contribution < -0.4 is 5.32 Å². The van der Waals surface area contributed by atoms with E-state index in [-0.39, 0.29) is 5.60 Å². The van der Waals surface area contributed by atoms with Crippen molar-refractivity contribution >= 4 is 0 Å². The molecule has 0 bridgehead atoms. The first-order valence-electron chi connectivity index (χ1n) is 8.02. The zero-order valence-electron chi connectivity index (χ0n) is 13.5. The molecule has 0 spiro atoms. The highest BCUT2D eigenvalue weighted by Crippen LogP contribution is 2.32. The third-order valence-electron chi connectivity index (χ3n) is 4.33. The van der Waals surface area contributed by atoms with E-state index >= 15 is 0 Å². The molecule has 110 valence electrons. The van der Waals surface area contributed by atoms with Gasteiger partial charge in [0.05, 0.1) is 5.60 Å². The van der Waals surface area contributed by atoms with Crippen LogP contribution in [0, 0.1) is 5.92 Å². The van der Waals surface area contributed by atoms with Gasteiger partial charge in [0.15, 0.2) is 0 Å². The highest BCUT2D eigenvalue weighted by atomic mass is 16.5. The van der Waals surface area contributed by atoms with Gasteiger partial charge in [-0.15, -0.1) is 0 Å². The molecule has 1 N–H and O–H groups in total. The number of nitrogens with one attached hydrogen (secondary N) is 1. The predicted molar refractivity (Wildman–Crippen MR) is 81.1 cm³/mol. The molecule has 0 aliphatic carbocycles. The second kappa shape index (κ2) is 9.80. The minimum atomic E-state index is 0.0145. The van der Waals surface area contributed by atoms with E-state index in [0.717, 1.165) is 26.0 Å². The van der Waals surface area contributed by atoms with Crippen LogP contribution in [0.4, 0.5) is 0 Å². The molecule has 0 aliphatic heterocycles. The molecule has 0 rings (SSSR count). The van der Waals surface area contributed by atoms with E-state index in [1.54, 1.807) is 0 Å². The van der Waals surface area contributed by atoms with Crippen LogP contribution in [-0.2, 0) is 4.74 Å². The molecule has 0 aromatic heterocycles. The van der Waals surface area contributed by atoms with Gasteiger partial charge in [-0.05, 0) is 38.6 Å². The van der Waals surface area contributed by atoms with Crippen molar-refractivity contribution in [2.24, 2.45) is 5.92 Å². The SMILES string of the molecule is CCCNC(C(CC)CC)C(CC)(CC)OCC. The summed E-state index contributed by atoms with van der Waals surface area (Å²) < 4.78 is 6.21. The van der Waals surface area contributed by atoms with E-state index in [1.165, 1.54) is 19.3 Å². The van der Waals surface area contributed by atoms with Gasteiger partial charge in [-0.25, -0.2) is 0 Å². The normalized spacial score (nSPS) is 14.2. The minimum Gasteiger partial charge on any atom is -0.374 e. The van der Waals surface area contributed by atoms with Crippen LogP contribution in [0.3, 0.4) is 0 Å². The second-order valence-electron chi connectivity index (χ2n) is 5.21. The Balaban J connectivity index is 5.06. The van der Waals surface area contributed by atoms with E-state index < -0.39 is 0 Å². The maximum absolute atomic E-state index is 6.21. The predicted octanol–water partition coefficient (Wildman–Crippen LogP) is 4.39. The molecule has 0 aromatic rings. The summed E-state index contributed by atoms with van der Waals surface area (Å²) in [6.45, 7) is 15.4. The Labute approximate surface area is 115 Å². The largest absolute Gasteiger partial charge is 0.374 e. The highest BCUT2D eigenvalue weighted by Gasteiger charge is 2.39. The summed E-state index contributed by atoms with van der Waals surface area (Å²) in [6, 6.07) is 0.488. The lowest BCUT2D eigenvalue weighted by molar-refractivity contribution is -0.0862. The van der Waals surface area contributed by atoms with Crippen molar-refractivity contribution in [1.29, 1.82) is 0 Å². The smallest absolute Gasteiger partial charge is 0.0832 e. The number of ether oxygens (including phenoxy) is 1. The molecular weight excluding hydrogens is 222 g/mol. The van der Waals surface area contributed by atoms with E-state index in [1.807, 2.05) is 0 Å². The monoisotopic (exact) mass is 257 g/mol. The van der Waals surface area contributed by atoms with Gasteiger partial charge in [0.25, 0.3) is 0 Å². The molecule has 0 radical (unpaired) electrons. The van der Waals surface area contributed by atoms with Gasteiger partial charge < -0.3 is 10.1 Å². The van der Waals surface area contributed by atoms with E-state index in [0.29, 0.717) is 12.0 Å². The number of rotatable bonds is 11. The molecule has 0 aromatic carbocycles. The van der Waals surface area contributed by atoms with Gasteiger partial charge in [-0.1, -0.05) is 47.5 Å². The van der Waals surface area contributed by atoms with Gasteiger partial charge in [-0.3, -0.25) is 0 Å². The van der Waals surface area contributed by atoms with Crippen molar-refractivity contribution in [2.75, 3.05) is 13.2 Å². The van der Waals surface area contributed by atoms with Crippen LogP contribution in [0.15, 0.2) is 0 Å². The molecule has 0 aliphatic rings. The molecule has 0 saturated heterocycles. The lowest BCUT2D eigenvalue weighted by atomic mass is 9.78. The van der Waals surface area contributed by atoms with Crippen molar-refractivity contribution in [2.45, 2.75) is 85.3 Å². The van der Waals surface area contributed by atoms with Gasteiger partial charge >= 0.3 is 0 Å². The summed E-state index contributed by atoms with van der Waals surface area (Å²) in [4.78, 5) is 0. The lowest BCUT2D eigenvalue weighted by Gasteiger charge is -2.44. The Kier molecular flexibility index (Phi) is 9.76. The van der Waals surface area contributed by atoms with Crippen molar-refractivity contribution in [1.82, 2.24) is 5.32 Å². The summed E-state index contributed by atoms with van der Waals surface area (Å²) in [5.41, 5.74) is 0.0145. The second-order valence-corrected chi connectivity index (χ2v) is 5.21. The Morgan fingerprint density at radius 3 is 1.83 bits per heavy atom. The third-order valence-corrected chi connectivity index (χ3v) is 4.33. The van der Waals surface area contributed by atoms with Crippen LogP contribution >= 0.6 is 0 Å². The fourth-order valence-corrected chi connectivity index (χ4v) is 3.11. The first-order valence-corrected chi connectivity index (χ1v) is 8.02. The third kappa shape index (κ3) is 4.55. The number of hydrogen-bond donors (Lipinski definition) is 1. The topological polar surface area (TPSA) is 21.3 Å². The van der Waals surface area contributed by atoms with E-state index in [4.69, 9.17) is 4.74 Å². The molecule has 1 atom stereocenters. The summed E-state index contributed by atoms with van der Waals surface area (Å²) in [5.74, 6) is 0.711. The average molecular weight is 257 g/mol. The maximum atomic E-state index is 6.21. The molecular formula is C16H35NO. The van der Waals surface area contributed by atoms with Crippen LogP contribution in [0.25, 0.3) is 0 Å². The van der Waals surface area contributed by atoms with Gasteiger partial charge in [0, 0.05) is 12.6 Å². The van der Waals surface area contributed by atoms with Gasteiger partial charge in [0.2, 0.25) is 0 Å². The van der Waals surface area contributed by atoms with Gasteiger partial charge in [-0.2, -0.15) is 0 Å². The quantitative estimate of drug-likeness (QED) is 0.593. The minimum absolute atomic E-state index is 0.0145. The summed E-state index contributed by atoms with van der Waals surface area (Å²) in [6.07, 6.45) is 5.83. The van der Waals surface area contributed by atoms with Gasteiger partial charge in [0.1, 0.15) is 0 Å². The Morgan fingerprint density at radius 2 is 1.50 bits per heavy atom. The van der Waals surface area contributed by atoms with Crippen LogP contribution in [0.5, 0.6) is 0 Å². The zero-order chi connectivity index (χ0) is 14.0. The van der Waals surface area contributed by atoms with E-state index in [9.17, 15) is 0 Å². The number of hydrogen-bond acceptors (Lipinski definition) is 2. The molecule has 0 fully saturated rings. The van der Waals surface area contributed by atoms with Crippen molar-refractivity contribution in [3.05, 3.63) is 0 Å². The molecule has 0 amide bonds. The highest BCUT2D eigenvalue weighted by molar-refractivity contribution is 4.95. The summed E-state index contributed by atoms with van der Waals surface area (Å²) in [7, 11) is 0. The summed E-state index contributed by atoms with van der Waals surface area (Å²) in [5, 5.41) is 3.77. The first-order chi connectivity index (χ1) is 8.65. The standard InChI is InChI=1S/C16H35NO/c1-7-13-17-15(14(8-2)9-3)16(10-4,11-5)18-12-6/h14-15,17H,7-13H2,1-6H3. The molecule has 2 heteroatoms. The fourth-order valence-electron chi connectivity index (χ4n) is 3.11. The van der Waals surface area contributed by atoms with E-state index in [2.05, 4.69) is 46.9 Å². The van der Waals surface area contributed by atoms with Crippen molar-refractivity contribution in [3.63, 3.8) is 0 Å². The Hall–Kier alpha value is -0.0800. The zero-order valence-corrected chi connectivity index (χ0v) is 13.5. The lowest BCUT2D eigenvalue weighted by Crippen LogP contribution is -2.56. The molecule has 0 heterocycles. The Bertz CT molecular complexity index is 186. The summed E-state index contributed by atoms with van der Waals surface area (Å²) >= 11 is 0. The molecule has 18 heavy (non-hydrogen) atoms. The first kappa shape index (κ1) is 17.9. The molecule has 2 nitrogen and oxygen atoms in total. The molecule has 0 saturated carbocycles. The van der Waals surface area contributed by atoms with Crippen LogP contribution in [-0.4, -0.2) is 24.8 Å². The maximum Gasteiger partial charge on any atom is 0.0832 e. The van der Waals surface area contributed by atoms with Crippen molar-refractivity contribution < 1.29 is 4.74 Å². The average Bonchev–Trinajstić information content (AvgIpc) is 2.41. The molecule has 1 unspecified atom stereocenters. The van der Waals surface area contributed by atoms with Crippen LogP contribution in [0.2, 0.25) is 0 Å². The van der Waals surface area contributed by atoms with Crippen LogP contribution in [0.1, 0.15) is 73.6 Å². The fraction of sp³-hybridized carbons (Fsp3) is 1.00. The Morgan fingerprint density at radius 1 is 0.944 bits per heavy atom. The van der Waals surface area contributed by atoms with Crippen molar-refractivity contribution in [3.8, 4) is 0 Å².